The SMILES string of the molecule is O=C([I-]Oc1ccc(Br)cc1CO)c1ccccc1. The average molecular weight is 434 g/mol. The molecule has 2 rings (SSSR count). The Balaban J connectivity index is 2.05. The van der Waals surface area contributed by atoms with Crippen molar-refractivity contribution < 1.29 is 34.6 Å². The monoisotopic (exact) mass is 433 g/mol. The Hall–Kier alpha value is -0.920. The first kappa shape index (κ1) is 14.5. The van der Waals surface area contributed by atoms with Crippen LogP contribution in [0.5, 0.6) is 5.75 Å². The molecule has 0 unspecified atom stereocenters. The second-order valence-electron chi connectivity index (χ2n) is 3.70. The summed E-state index contributed by atoms with van der Waals surface area (Å²) in [6.07, 6.45) is 0. The molecule has 0 amide bonds. The van der Waals surface area contributed by atoms with E-state index in [2.05, 4.69) is 15.9 Å². The van der Waals surface area contributed by atoms with Crippen molar-refractivity contribution >= 4 is 19.7 Å². The van der Waals surface area contributed by atoms with Gasteiger partial charge in [0.2, 0.25) is 0 Å². The molecule has 0 aliphatic heterocycles. The number of benzene rings is 2. The average Bonchev–Trinajstić information content (AvgIpc) is 2.46. The number of hydrogen-bond donors (Lipinski definition) is 1. The fourth-order valence-corrected chi connectivity index (χ4v) is 3.33. The van der Waals surface area contributed by atoms with Crippen LogP contribution in [0, 0.1) is 0 Å². The molecule has 1 N–H and O–H groups in total. The Bertz CT molecular complexity index is 572. The van der Waals surface area contributed by atoms with Gasteiger partial charge in [-0.15, -0.1) is 0 Å². The summed E-state index contributed by atoms with van der Waals surface area (Å²) in [5.41, 5.74) is 1.34. The van der Waals surface area contributed by atoms with E-state index in [1.165, 1.54) is 0 Å². The number of rotatable bonds is 5. The summed E-state index contributed by atoms with van der Waals surface area (Å²) in [4.78, 5) is 11.9. The van der Waals surface area contributed by atoms with Gasteiger partial charge in [0.25, 0.3) is 0 Å². The molecule has 0 bridgehead atoms. The van der Waals surface area contributed by atoms with Crippen LogP contribution in [0.3, 0.4) is 0 Å². The summed E-state index contributed by atoms with van der Waals surface area (Å²) in [5.74, 6) is 0.572. The van der Waals surface area contributed by atoms with Crippen molar-refractivity contribution in [3.05, 3.63) is 64.1 Å². The third-order valence-corrected chi connectivity index (χ3v) is 4.60. The van der Waals surface area contributed by atoms with Crippen LogP contribution in [0.15, 0.2) is 53.0 Å². The van der Waals surface area contributed by atoms with Crippen LogP contribution in [-0.2, 0) is 6.61 Å². The second kappa shape index (κ2) is 7.02. The molecule has 0 radical (unpaired) electrons. The number of halogens is 2. The van der Waals surface area contributed by atoms with Crippen LogP contribution in [0.25, 0.3) is 0 Å². The van der Waals surface area contributed by atoms with Gasteiger partial charge in [-0.1, -0.05) is 0 Å². The summed E-state index contributed by atoms with van der Waals surface area (Å²) in [6, 6.07) is 14.4. The van der Waals surface area contributed by atoms with Gasteiger partial charge in [-0.25, -0.2) is 0 Å². The van der Waals surface area contributed by atoms with Crippen molar-refractivity contribution in [2.75, 3.05) is 0 Å². The first-order chi connectivity index (χ1) is 9.20. The fourth-order valence-electron chi connectivity index (χ4n) is 1.44. The Morgan fingerprint density at radius 2 is 1.95 bits per heavy atom. The van der Waals surface area contributed by atoms with Gasteiger partial charge in [0.15, 0.2) is 0 Å². The van der Waals surface area contributed by atoms with E-state index in [4.69, 9.17) is 3.07 Å². The van der Waals surface area contributed by atoms with Crippen LogP contribution in [0.1, 0.15) is 15.9 Å². The van der Waals surface area contributed by atoms with Crippen LogP contribution in [0.4, 0.5) is 0 Å². The zero-order valence-corrected chi connectivity index (χ0v) is 13.6. The summed E-state index contributed by atoms with van der Waals surface area (Å²) in [6.45, 7) is -0.113. The van der Waals surface area contributed by atoms with Gasteiger partial charge < -0.3 is 0 Å². The van der Waals surface area contributed by atoms with E-state index in [0.29, 0.717) is 16.9 Å². The predicted octanol–water partition coefficient (Wildman–Crippen LogP) is 0.165. The quantitative estimate of drug-likeness (QED) is 0.540. The molecule has 0 aromatic heterocycles. The normalized spacial score (nSPS) is 10.4. The van der Waals surface area contributed by atoms with Crippen molar-refractivity contribution in [3.63, 3.8) is 0 Å². The van der Waals surface area contributed by atoms with Crippen LogP contribution in [-0.4, -0.2) is 8.90 Å². The van der Waals surface area contributed by atoms with E-state index in [9.17, 15) is 9.90 Å². The summed E-state index contributed by atoms with van der Waals surface area (Å²) in [5, 5.41) is 9.25. The van der Waals surface area contributed by atoms with E-state index in [-0.39, 0.29) is 10.4 Å². The molecule has 0 aliphatic carbocycles. The molecule has 0 saturated heterocycles. The van der Waals surface area contributed by atoms with Crippen molar-refractivity contribution in [2.45, 2.75) is 6.61 Å². The van der Waals surface area contributed by atoms with Crippen molar-refractivity contribution in [1.29, 1.82) is 0 Å². The van der Waals surface area contributed by atoms with Gasteiger partial charge in [0.05, 0.1) is 0 Å². The van der Waals surface area contributed by atoms with Crippen molar-refractivity contribution in [3.8, 4) is 5.75 Å². The number of hydrogen-bond acceptors (Lipinski definition) is 3. The van der Waals surface area contributed by atoms with Crippen LogP contribution < -0.4 is 24.7 Å². The molecule has 2 aromatic rings. The Morgan fingerprint density at radius 3 is 2.63 bits per heavy atom. The maximum atomic E-state index is 11.9. The molecule has 0 spiro atoms. The van der Waals surface area contributed by atoms with Gasteiger partial charge in [0, 0.05) is 0 Å². The van der Waals surface area contributed by atoms with E-state index in [0.717, 1.165) is 4.47 Å². The van der Waals surface area contributed by atoms with E-state index in [1.54, 1.807) is 24.3 Å². The zero-order valence-electron chi connectivity index (χ0n) is 9.85. The van der Waals surface area contributed by atoms with Crippen LogP contribution in [0.2, 0.25) is 0 Å². The van der Waals surface area contributed by atoms with Gasteiger partial charge in [0.1, 0.15) is 0 Å². The number of aliphatic hydroxyl groups is 1. The van der Waals surface area contributed by atoms with E-state index >= 15 is 0 Å². The minimum absolute atomic E-state index is 0.0196. The molecule has 0 fully saturated rings. The molecule has 2 aromatic carbocycles. The maximum absolute atomic E-state index is 11.9. The predicted molar refractivity (Wildman–Crippen MR) is 71.5 cm³/mol. The number of carbonyl (C=O) groups excluding carboxylic acids is 1. The Labute approximate surface area is 130 Å². The Kier molecular flexibility index (Phi) is 5.35. The molecule has 0 aliphatic rings. The molecule has 19 heavy (non-hydrogen) atoms. The molecular weight excluding hydrogens is 423 g/mol. The number of carbonyl (C=O) groups is 1. The van der Waals surface area contributed by atoms with Gasteiger partial charge in [-0.3, -0.25) is 0 Å². The molecule has 3 nitrogen and oxygen atoms in total. The molecule has 100 valence electrons. The number of aliphatic hydroxyl groups excluding tert-OH is 1. The van der Waals surface area contributed by atoms with Crippen molar-refractivity contribution in [1.82, 2.24) is 0 Å². The standard InChI is InChI=1S/C14H11BrIO3/c15-12-6-7-13(11(8-12)9-17)19-16-14(18)10-4-2-1-3-5-10/h1-8,17H,9H2/q-1. The minimum atomic E-state index is -1.09. The summed E-state index contributed by atoms with van der Waals surface area (Å²) < 4.78 is 6.47. The van der Waals surface area contributed by atoms with E-state index in [1.807, 2.05) is 24.3 Å². The topological polar surface area (TPSA) is 46.5 Å². The third-order valence-electron chi connectivity index (χ3n) is 2.39. The van der Waals surface area contributed by atoms with Gasteiger partial charge in [-0.2, -0.15) is 0 Å². The Morgan fingerprint density at radius 1 is 1.21 bits per heavy atom. The molecule has 0 atom stereocenters. The second-order valence-corrected chi connectivity index (χ2v) is 6.48. The molecule has 5 heteroatoms. The van der Waals surface area contributed by atoms with Crippen molar-refractivity contribution in [2.24, 2.45) is 0 Å². The fraction of sp³-hybridized carbons (Fsp3) is 0.0714. The molecule has 0 saturated carbocycles. The molecular formula is C14H11BrIO3-. The third kappa shape index (κ3) is 4.02. The summed E-state index contributed by atoms with van der Waals surface area (Å²) in [7, 11) is 0. The van der Waals surface area contributed by atoms with Gasteiger partial charge >= 0.3 is 131 Å². The van der Waals surface area contributed by atoms with Gasteiger partial charge in [-0.05, 0) is 0 Å². The van der Waals surface area contributed by atoms with Crippen LogP contribution >= 0.6 is 15.9 Å². The van der Waals surface area contributed by atoms with E-state index < -0.39 is 21.6 Å². The summed E-state index contributed by atoms with van der Waals surface area (Å²) >= 11 is 2.24. The zero-order chi connectivity index (χ0) is 13.7. The molecule has 0 heterocycles. The first-order valence-electron chi connectivity index (χ1n) is 5.51. The first-order valence-corrected chi connectivity index (χ1v) is 8.26.